The van der Waals surface area contributed by atoms with E-state index in [0.29, 0.717) is 10.9 Å². The summed E-state index contributed by atoms with van der Waals surface area (Å²) in [6.07, 6.45) is 0. The largest absolute Gasteiger partial charge is 0.463 e. The first-order chi connectivity index (χ1) is 8.61. The highest BCUT2D eigenvalue weighted by Crippen LogP contribution is 2.33. The number of carbonyl (C=O) groups is 1. The van der Waals surface area contributed by atoms with E-state index in [2.05, 4.69) is 20.3 Å². The molecule has 0 aromatic carbocycles. The topological polar surface area (TPSA) is 83.0 Å². The van der Waals surface area contributed by atoms with Crippen molar-refractivity contribution >= 4 is 17.7 Å². The molecule has 1 unspecified atom stereocenters. The molecular formula is C10H12N4O3S. The van der Waals surface area contributed by atoms with Crippen LogP contribution in [0, 0.1) is 0 Å². The molecule has 18 heavy (non-hydrogen) atoms. The average Bonchev–Trinajstić information content (AvgIpc) is 2.98. The highest BCUT2D eigenvalue weighted by molar-refractivity contribution is 7.99. The number of tetrazole rings is 1. The summed E-state index contributed by atoms with van der Waals surface area (Å²) in [7, 11) is 3.07. The number of aromatic nitrogens is 4. The molecule has 8 heteroatoms. The number of aryl methyl sites for hydroxylation is 1. The monoisotopic (exact) mass is 268 g/mol. The highest BCUT2D eigenvalue weighted by atomic mass is 32.2. The number of thioether (sulfide) groups is 1. The van der Waals surface area contributed by atoms with Crippen molar-refractivity contribution in [2.75, 3.05) is 7.11 Å². The third-order valence-corrected chi connectivity index (χ3v) is 3.42. The van der Waals surface area contributed by atoms with Gasteiger partial charge in [0.1, 0.15) is 5.76 Å². The van der Waals surface area contributed by atoms with Gasteiger partial charge in [-0.15, -0.1) is 5.10 Å². The minimum Gasteiger partial charge on any atom is -0.463 e. The maximum absolute atomic E-state index is 11.3. The molecule has 2 aromatic heterocycles. The van der Waals surface area contributed by atoms with Crippen molar-refractivity contribution in [2.45, 2.75) is 17.3 Å². The predicted molar refractivity (Wildman–Crippen MR) is 63.1 cm³/mol. The molecule has 0 N–H and O–H groups in total. The Morgan fingerprint density at radius 3 is 2.94 bits per heavy atom. The van der Waals surface area contributed by atoms with Crippen molar-refractivity contribution in [3.8, 4) is 0 Å². The fourth-order valence-electron chi connectivity index (χ4n) is 1.32. The molecule has 2 rings (SSSR count). The van der Waals surface area contributed by atoms with Gasteiger partial charge in [0, 0.05) is 7.05 Å². The zero-order valence-electron chi connectivity index (χ0n) is 10.2. The SMILES string of the molecule is COC(=O)c1ccc(C(C)Sc2nnnn2C)o1. The summed E-state index contributed by atoms with van der Waals surface area (Å²) in [6, 6.07) is 3.33. The minimum absolute atomic E-state index is 0.00638. The van der Waals surface area contributed by atoms with Crippen molar-refractivity contribution in [3.05, 3.63) is 23.7 Å². The molecule has 7 nitrogen and oxygen atoms in total. The van der Waals surface area contributed by atoms with Gasteiger partial charge in [0.05, 0.1) is 12.4 Å². The Labute approximate surface area is 107 Å². The molecule has 0 amide bonds. The van der Waals surface area contributed by atoms with Crippen LogP contribution < -0.4 is 0 Å². The summed E-state index contributed by atoms with van der Waals surface area (Å²) in [5, 5.41) is 11.8. The smallest absolute Gasteiger partial charge is 0.373 e. The zero-order valence-corrected chi connectivity index (χ0v) is 11.0. The van der Waals surface area contributed by atoms with E-state index in [0.717, 1.165) is 0 Å². The molecule has 0 aliphatic carbocycles. The zero-order chi connectivity index (χ0) is 13.1. The molecule has 0 bridgehead atoms. The molecule has 2 aromatic rings. The second-order valence-electron chi connectivity index (χ2n) is 3.54. The number of hydrogen-bond donors (Lipinski definition) is 0. The predicted octanol–water partition coefficient (Wildman–Crippen LogP) is 1.44. The average molecular weight is 268 g/mol. The van der Waals surface area contributed by atoms with Gasteiger partial charge in [0.15, 0.2) is 0 Å². The van der Waals surface area contributed by atoms with Crippen LogP contribution in [0.5, 0.6) is 0 Å². The van der Waals surface area contributed by atoms with Crippen LogP contribution in [0.3, 0.4) is 0 Å². The van der Waals surface area contributed by atoms with Gasteiger partial charge < -0.3 is 9.15 Å². The first-order valence-electron chi connectivity index (χ1n) is 5.19. The highest BCUT2D eigenvalue weighted by Gasteiger charge is 2.18. The molecule has 0 aliphatic heterocycles. The third-order valence-electron chi connectivity index (χ3n) is 2.28. The summed E-state index contributed by atoms with van der Waals surface area (Å²) >= 11 is 1.44. The van der Waals surface area contributed by atoms with E-state index in [-0.39, 0.29) is 11.0 Å². The Balaban J connectivity index is 2.10. The maximum Gasteiger partial charge on any atom is 0.373 e. The number of esters is 1. The Hall–Kier alpha value is -1.83. The van der Waals surface area contributed by atoms with Crippen molar-refractivity contribution < 1.29 is 13.9 Å². The lowest BCUT2D eigenvalue weighted by molar-refractivity contribution is 0.0563. The number of ether oxygens (including phenoxy) is 1. The molecule has 0 fully saturated rings. The second-order valence-corrected chi connectivity index (χ2v) is 4.85. The first kappa shape index (κ1) is 12.6. The fourth-order valence-corrected chi connectivity index (χ4v) is 2.15. The van der Waals surface area contributed by atoms with E-state index in [4.69, 9.17) is 4.42 Å². The Kier molecular flexibility index (Phi) is 3.66. The summed E-state index contributed by atoms with van der Waals surface area (Å²) in [6.45, 7) is 1.94. The van der Waals surface area contributed by atoms with Crippen LogP contribution in [0.2, 0.25) is 0 Å². The summed E-state index contributed by atoms with van der Waals surface area (Å²) < 4.78 is 11.6. The van der Waals surface area contributed by atoms with Gasteiger partial charge in [-0.3, -0.25) is 0 Å². The number of furan rings is 1. The van der Waals surface area contributed by atoms with Crippen molar-refractivity contribution in [1.82, 2.24) is 20.2 Å². The van der Waals surface area contributed by atoms with Gasteiger partial charge >= 0.3 is 5.97 Å². The lowest BCUT2D eigenvalue weighted by Crippen LogP contribution is -1.98. The standard InChI is InChI=1S/C10H12N4O3S/c1-6(18-10-11-12-13-14(10)2)7-4-5-8(17-7)9(15)16-3/h4-6H,1-3H3. The summed E-state index contributed by atoms with van der Waals surface area (Å²) in [5.41, 5.74) is 0. The van der Waals surface area contributed by atoms with E-state index in [1.165, 1.54) is 18.9 Å². The van der Waals surface area contributed by atoms with E-state index in [9.17, 15) is 4.79 Å². The second kappa shape index (κ2) is 5.21. The van der Waals surface area contributed by atoms with Crippen LogP contribution in [0.1, 0.15) is 28.5 Å². The van der Waals surface area contributed by atoms with E-state index >= 15 is 0 Å². The summed E-state index contributed by atoms with van der Waals surface area (Å²) in [4.78, 5) is 11.3. The number of nitrogens with zero attached hydrogens (tertiary/aromatic N) is 4. The van der Waals surface area contributed by atoms with Crippen LogP contribution >= 0.6 is 11.8 Å². The number of methoxy groups -OCH3 is 1. The van der Waals surface area contributed by atoms with Crippen LogP contribution in [-0.4, -0.2) is 33.3 Å². The van der Waals surface area contributed by atoms with E-state index < -0.39 is 5.97 Å². The molecule has 0 saturated heterocycles. The van der Waals surface area contributed by atoms with E-state index in [1.54, 1.807) is 23.9 Å². The molecule has 0 saturated carbocycles. The number of hydrogen-bond acceptors (Lipinski definition) is 7. The van der Waals surface area contributed by atoms with Gasteiger partial charge in [-0.05, 0) is 29.5 Å². The Morgan fingerprint density at radius 2 is 2.33 bits per heavy atom. The Bertz CT molecular complexity index is 551. The number of rotatable bonds is 4. The van der Waals surface area contributed by atoms with Crippen LogP contribution in [0.4, 0.5) is 0 Å². The molecule has 0 radical (unpaired) electrons. The third kappa shape index (κ3) is 2.53. The minimum atomic E-state index is -0.487. The molecule has 2 heterocycles. The Morgan fingerprint density at radius 1 is 1.56 bits per heavy atom. The van der Waals surface area contributed by atoms with Gasteiger partial charge in [-0.1, -0.05) is 11.8 Å². The molecule has 96 valence electrons. The molecular weight excluding hydrogens is 256 g/mol. The van der Waals surface area contributed by atoms with Crippen molar-refractivity contribution in [2.24, 2.45) is 7.05 Å². The molecule has 0 spiro atoms. The van der Waals surface area contributed by atoms with Crippen LogP contribution in [-0.2, 0) is 11.8 Å². The lowest BCUT2D eigenvalue weighted by atomic mass is 10.3. The molecule has 0 aliphatic rings. The normalized spacial score (nSPS) is 12.4. The van der Waals surface area contributed by atoms with Gasteiger partial charge in [-0.2, -0.15) is 0 Å². The van der Waals surface area contributed by atoms with Gasteiger partial charge in [0.25, 0.3) is 0 Å². The fraction of sp³-hybridized carbons (Fsp3) is 0.400. The number of carbonyl (C=O) groups excluding carboxylic acids is 1. The lowest BCUT2D eigenvalue weighted by Gasteiger charge is -2.05. The first-order valence-corrected chi connectivity index (χ1v) is 6.07. The summed E-state index contributed by atoms with van der Waals surface area (Å²) in [5.74, 6) is 0.373. The van der Waals surface area contributed by atoms with Crippen LogP contribution in [0.25, 0.3) is 0 Å². The maximum atomic E-state index is 11.3. The van der Waals surface area contributed by atoms with Crippen molar-refractivity contribution in [3.63, 3.8) is 0 Å². The quantitative estimate of drug-likeness (QED) is 0.612. The van der Waals surface area contributed by atoms with E-state index in [1.807, 2.05) is 6.92 Å². The van der Waals surface area contributed by atoms with Gasteiger partial charge in [-0.25, -0.2) is 9.48 Å². The van der Waals surface area contributed by atoms with Gasteiger partial charge in [0.2, 0.25) is 10.9 Å². The van der Waals surface area contributed by atoms with Crippen LogP contribution in [0.15, 0.2) is 21.7 Å². The molecule has 1 atom stereocenters. The van der Waals surface area contributed by atoms with Crippen molar-refractivity contribution in [1.29, 1.82) is 0 Å².